The van der Waals surface area contributed by atoms with E-state index < -0.39 is 0 Å². The van der Waals surface area contributed by atoms with Gasteiger partial charge in [-0.2, -0.15) is 0 Å². The Morgan fingerprint density at radius 1 is 1.07 bits per heavy atom. The minimum absolute atomic E-state index is 0.0212. The first-order chi connectivity index (χ1) is 13.0. The zero-order valence-electron chi connectivity index (χ0n) is 15.4. The molecule has 1 aromatic heterocycles. The zero-order valence-corrected chi connectivity index (χ0v) is 16.3. The Kier molecular flexibility index (Phi) is 5.91. The fourth-order valence-electron chi connectivity index (χ4n) is 3.13. The molecule has 7 heteroatoms. The van der Waals surface area contributed by atoms with Crippen LogP contribution in [0.4, 0.5) is 0 Å². The molecule has 27 heavy (non-hydrogen) atoms. The van der Waals surface area contributed by atoms with Gasteiger partial charge in [-0.05, 0) is 36.6 Å². The smallest absolute Gasteiger partial charge is 0.264 e. The molecule has 142 valence electrons. The molecule has 3 rings (SSSR count). The molecule has 0 aliphatic carbocycles. The number of ketones is 1. The number of carbonyl (C=O) groups is 3. The van der Waals surface area contributed by atoms with Gasteiger partial charge in [0.25, 0.3) is 5.91 Å². The van der Waals surface area contributed by atoms with Crippen LogP contribution in [-0.2, 0) is 11.2 Å². The molecule has 0 atom stereocenters. The number of benzene rings is 1. The van der Waals surface area contributed by atoms with Gasteiger partial charge < -0.3 is 14.5 Å². The molecule has 2 heterocycles. The van der Waals surface area contributed by atoms with Gasteiger partial charge in [-0.25, -0.2) is 0 Å². The Labute approximate surface area is 162 Å². The van der Waals surface area contributed by atoms with Gasteiger partial charge in [-0.15, -0.1) is 11.3 Å². The van der Waals surface area contributed by atoms with Gasteiger partial charge in [0.1, 0.15) is 5.75 Å². The molecule has 0 unspecified atom stereocenters. The molecular weight excluding hydrogens is 364 g/mol. The van der Waals surface area contributed by atoms with Crippen LogP contribution in [0.15, 0.2) is 35.7 Å². The maximum Gasteiger partial charge on any atom is 0.264 e. The maximum atomic E-state index is 12.7. The Balaban J connectivity index is 1.62. The van der Waals surface area contributed by atoms with Crippen molar-refractivity contribution in [2.75, 3.05) is 33.3 Å². The number of Topliss-reactive ketones (excluding diaryl/α,β-unsaturated/α-hetero) is 1. The Morgan fingerprint density at radius 3 is 2.37 bits per heavy atom. The lowest BCUT2D eigenvalue weighted by atomic mass is 10.0. The van der Waals surface area contributed by atoms with E-state index in [0.717, 1.165) is 4.88 Å². The van der Waals surface area contributed by atoms with Crippen LogP contribution in [0.2, 0.25) is 0 Å². The molecule has 1 saturated heterocycles. The normalized spacial score (nSPS) is 14.1. The molecule has 1 aliphatic rings. The molecule has 1 fully saturated rings. The van der Waals surface area contributed by atoms with E-state index in [9.17, 15) is 14.4 Å². The van der Waals surface area contributed by atoms with Crippen LogP contribution in [0.1, 0.15) is 32.5 Å². The molecule has 0 N–H and O–H groups in total. The molecule has 0 saturated carbocycles. The number of rotatable bonds is 5. The van der Waals surface area contributed by atoms with Gasteiger partial charge in [0.15, 0.2) is 5.78 Å². The number of thiophene rings is 1. The van der Waals surface area contributed by atoms with E-state index in [1.54, 1.807) is 35.1 Å². The van der Waals surface area contributed by atoms with Crippen LogP contribution in [0.25, 0.3) is 0 Å². The molecule has 0 radical (unpaired) electrons. The monoisotopic (exact) mass is 386 g/mol. The van der Waals surface area contributed by atoms with Crippen LogP contribution in [0.3, 0.4) is 0 Å². The summed E-state index contributed by atoms with van der Waals surface area (Å²) in [6.07, 6.45) is 0.170. The third-order valence-electron chi connectivity index (χ3n) is 4.68. The van der Waals surface area contributed by atoms with Crippen molar-refractivity contribution in [1.29, 1.82) is 0 Å². The van der Waals surface area contributed by atoms with E-state index in [0.29, 0.717) is 43.1 Å². The highest BCUT2D eigenvalue weighted by molar-refractivity contribution is 7.12. The number of nitrogens with zero attached hydrogens (tertiary/aromatic N) is 2. The van der Waals surface area contributed by atoms with Crippen LogP contribution in [0.5, 0.6) is 5.75 Å². The van der Waals surface area contributed by atoms with Gasteiger partial charge in [-0.3, -0.25) is 14.4 Å². The number of piperazine rings is 1. The van der Waals surface area contributed by atoms with Crippen molar-refractivity contribution in [1.82, 2.24) is 9.80 Å². The van der Waals surface area contributed by atoms with E-state index in [-0.39, 0.29) is 24.0 Å². The summed E-state index contributed by atoms with van der Waals surface area (Å²) in [4.78, 5) is 41.0. The first-order valence-corrected chi connectivity index (χ1v) is 9.66. The van der Waals surface area contributed by atoms with E-state index in [4.69, 9.17) is 4.74 Å². The standard InChI is InChI=1S/C20H22N2O4S/c1-14(23)15-5-6-17(26-2)16(12-15)13-19(24)21-7-9-22(10-8-21)20(25)18-4-3-11-27-18/h3-6,11-12H,7-10,13H2,1-2H3. The topological polar surface area (TPSA) is 66.9 Å². The number of ether oxygens (including phenoxy) is 1. The molecule has 2 amide bonds. The predicted octanol–water partition coefficient (Wildman–Crippen LogP) is 2.49. The number of methoxy groups -OCH3 is 1. The van der Waals surface area contributed by atoms with Crippen LogP contribution in [-0.4, -0.2) is 60.7 Å². The third-order valence-corrected chi connectivity index (χ3v) is 5.54. The molecule has 0 spiro atoms. The van der Waals surface area contributed by atoms with Gasteiger partial charge in [0.05, 0.1) is 18.4 Å². The summed E-state index contributed by atoms with van der Waals surface area (Å²) in [6.45, 7) is 3.55. The number of amides is 2. The minimum Gasteiger partial charge on any atom is -0.496 e. The minimum atomic E-state index is -0.0490. The van der Waals surface area contributed by atoms with Crippen molar-refractivity contribution < 1.29 is 19.1 Å². The Bertz CT molecular complexity index is 840. The maximum absolute atomic E-state index is 12.7. The summed E-state index contributed by atoms with van der Waals surface area (Å²) in [7, 11) is 1.55. The van der Waals surface area contributed by atoms with Gasteiger partial charge in [-0.1, -0.05) is 6.07 Å². The SMILES string of the molecule is COc1ccc(C(C)=O)cc1CC(=O)N1CCN(C(=O)c2cccs2)CC1. The van der Waals surface area contributed by atoms with Crippen molar-refractivity contribution >= 4 is 28.9 Å². The van der Waals surface area contributed by atoms with Gasteiger partial charge in [0, 0.05) is 37.3 Å². The van der Waals surface area contributed by atoms with Crippen molar-refractivity contribution in [3.63, 3.8) is 0 Å². The van der Waals surface area contributed by atoms with Crippen molar-refractivity contribution in [2.45, 2.75) is 13.3 Å². The summed E-state index contributed by atoms with van der Waals surface area (Å²) < 4.78 is 5.32. The van der Waals surface area contributed by atoms with Crippen molar-refractivity contribution in [2.24, 2.45) is 0 Å². The summed E-state index contributed by atoms with van der Waals surface area (Å²) in [5.41, 5.74) is 1.26. The molecule has 2 aromatic rings. The van der Waals surface area contributed by atoms with Crippen LogP contribution < -0.4 is 4.74 Å². The van der Waals surface area contributed by atoms with Gasteiger partial charge >= 0.3 is 0 Å². The third kappa shape index (κ3) is 4.36. The van der Waals surface area contributed by atoms with E-state index in [2.05, 4.69) is 0 Å². The predicted molar refractivity (Wildman–Crippen MR) is 104 cm³/mol. The molecule has 1 aliphatic heterocycles. The molecule has 0 bridgehead atoms. The summed E-state index contributed by atoms with van der Waals surface area (Å²) in [5.74, 6) is 0.539. The van der Waals surface area contributed by atoms with E-state index >= 15 is 0 Å². The first kappa shape index (κ1) is 19.1. The van der Waals surface area contributed by atoms with E-state index in [1.807, 2.05) is 17.5 Å². The van der Waals surface area contributed by atoms with Gasteiger partial charge in [0.2, 0.25) is 5.91 Å². The lowest BCUT2D eigenvalue weighted by molar-refractivity contribution is -0.131. The molecular formula is C20H22N2O4S. The average Bonchev–Trinajstić information content (AvgIpc) is 3.22. The largest absolute Gasteiger partial charge is 0.496 e. The van der Waals surface area contributed by atoms with Crippen LogP contribution in [0, 0.1) is 0 Å². The average molecular weight is 386 g/mol. The Morgan fingerprint density at radius 2 is 1.78 bits per heavy atom. The number of hydrogen-bond donors (Lipinski definition) is 0. The Hall–Kier alpha value is -2.67. The lowest BCUT2D eigenvalue weighted by Crippen LogP contribution is -2.50. The summed E-state index contributed by atoms with van der Waals surface area (Å²) in [6, 6.07) is 8.82. The van der Waals surface area contributed by atoms with Crippen molar-refractivity contribution in [3.05, 3.63) is 51.7 Å². The quantitative estimate of drug-likeness (QED) is 0.741. The fourth-order valence-corrected chi connectivity index (χ4v) is 3.82. The fraction of sp³-hybridized carbons (Fsp3) is 0.350. The molecule has 6 nitrogen and oxygen atoms in total. The second kappa shape index (κ2) is 8.35. The summed E-state index contributed by atoms with van der Waals surface area (Å²) in [5, 5.41) is 1.88. The highest BCUT2D eigenvalue weighted by Crippen LogP contribution is 2.22. The van der Waals surface area contributed by atoms with E-state index in [1.165, 1.54) is 18.3 Å². The first-order valence-electron chi connectivity index (χ1n) is 8.78. The zero-order chi connectivity index (χ0) is 19.4. The van der Waals surface area contributed by atoms with Crippen LogP contribution >= 0.6 is 11.3 Å². The summed E-state index contributed by atoms with van der Waals surface area (Å²) >= 11 is 1.43. The second-order valence-corrected chi connectivity index (χ2v) is 7.36. The second-order valence-electron chi connectivity index (χ2n) is 6.41. The number of hydrogen-bond acceptors (Lipinski definition) is 5. The molecule has 1 aromatic carbocycles. The highest BCUT2D eigenvalue weighted by atomic mass is 32.1. The van der Waals surface area contributed by atoms with Crippen molar-refractivity contribution in [3.8, 4) is 5.75 Å². The lowest BCUT2D eigenvalue weighted by Gasteiger charge is -2.34. The number of carbonyl (C=O) groups excluding carboxylic acids is 3. The highest BCUT2D eigenvalue weighted by Gasteiger charge is 2.25.